The third kappa shape index (κ3) is 4.42. The molecule has 2 N–H and O–H groups in total. The van der Waals surface area contributed by atoms with E-state index in [-0.39, 0.29) is 6.03 Å². The number of pyridine rings is 1. The molecule has 0 spiro atoms. The van der Waals surface area contributed by atoms with Crippen LogP contribution in [0.25, 0.3) is 0 Å². The largest absolute Gasteiger partial charge is 0.383 e. The molecule has 15 heavy (non-hydrogen) atoms. The summed E-state index contributed by atoms with van der Waals surface area (Å²) >= 11 is 0. The summed E-state index contributed by atoms with van der Waals surface area (Å²) in [5.74, 6) is 0. The van der Waals surface area contributed by atoms with Crippen molar-refractivity contribution in [1.82, 2.24) is 10.3 Å². The minimum absolute atomic E-state index is 0.252. The zero-order chi connectivity index (χ0) is 11.1. The molecule has 0 aliphatic rings. The number of anilines is 1. The van der Waals surface area contributed by atoms with Crippen molar-refractivity contribution in [2.24, 2.45) is 0 Å². The SMILES string of the molecule is COCCNC(=O)Nc1ccc(C)nc1. The fourth-order valence-electron chi connectivity index (χ4n) is 0.984. The number of nitrogens with one attached hydrogen (secondary N) is 2. The Morgan fingerprint density at radius 3 is 2.93 bits per heavy atom. The van der Waals surface area contributed by atoms with Gasteiger partial charge in [-0.15, -0.1) is 0 Å². The predicted molar refractivity (Wildman–Crippen MR) is 57.9 cm³/mol. The normalized spacial score (nSPS) is 9.73. The van der Waals surface area contributed by atoms with Gasteiger partial charge in [0.2, 0.25) is 0 Å². The molecular weight excluding hydrogens is 194 g/mol. The highest BCUT2D eigenvalue weighted by atomic mass is 16.5. The number of rotatable bonds is 4. The van der Waals surface area contributed by atoms with Crippen LogP contribution in [-0.4, -0.2) is 31.3 Å². The molecule has 5 heteroatoms. The van der Waals surface area contributed by atoms with E-state index in [9.17, 15) is 4.79 Å². The number of carbonyl (C=O) groups excluding carboxylic acids is 1. The van der Waals surface area contributed by atoms with Gasteiger partial charge in [0.05, 0.1) is 18.5 Å². The van der Waals surface area contributed by atoms with Crippen LogP contribution in [-0.2, 0) is 4.74 Å². The maximum Gasteiger partial charge on any atom is 0.319 e. The van der Waals surface area contributed by atoms with E-state index in [4.69, 9.17) is 4.74 Å². The molecule has 82 valence electrons. The standard InChI is InChI=1S/C10H15N3O2/c1-8-3-4-9(7-12-8)13-10(14)11-5-6-15-2/h3-4,7H,5-6H2,1-2H3,(H2,11,13,14). The van der Waals surface area contributed by atoms with Gasteiger partial charge in [-0.25, -0.2) is 4.79 Å². The Morgan fingerprint density at radius 2 is 2.33 bits per heavy atom. The Labute approximate surface area is 88.9 Å². The zero-order valence-electron chi connectivity index (χ0n) is 8.91. The smallest absolute Gasteiger partial charge is 0.319 e. The molecule has 0 aliphatic carbocycles. The third-order valence-electron chi connectivity index (χ3n) is 1.76. The molecule has 0 radical (unpaired) electrons. The monoisotopic (exact) mass is 209 g/mol. The van der Waals surface area contributed by atoms with Gasteiger partial charge in [-0.3, -0.25) is 4.98 Å². The van der Waals surface area contributed by atoms with Crippen molar-refractivity contribution in [1.29, 1.82) is 0 Å². The molecule has 1 aromatic heterocycles. The highest BCUT2D eigenvalue weighted by Gasteiger charge is 1.99. The summed E-state index contributed by atoms with van der Waals surface area (Å²) in [6, 6.07) is 3.39. The first-order chi connectivity index (χ1) is 7.22. The second-order valence-electron chi connectivity index (χ2n) is 3.06. The van der Waals surface area contributed by atoms with Crippen LogP contribution in [0.5, 0.6) is 0 Å². The quantitative estimate of drug-likeness (QED) is 0.731. The van der Waals surface area contributed by atoms with Crippen molar-refractivity contribution in [2.75, 3.05) is 25.6 Å². The first kappa shape index (κ1) is 11.5. The predicted octanol–water partition coefficient (Wildman–Crippen LogP) is 1.16. The van der Waals surface area contributed by atoms with Gasteiger partial charge in [0.1, 0.15) is 0 Å². The van der Waals surface area contributed by atoms with E-state index < -0.39 is 0 Å². The molecule has 0 atom stereocenters. The zero-order valence-corrected chi connectivity index (χ0v) is 8.91. The summed E-state index contributed by atoms with van der Waals surface area (Å²) in [5, 5.41) is 5.30. The molecule has 1 aromatic rings. The number of hydrogen-bond acceptors (Lipinski definition) is 3. The van der Waals surface area contributed by atoms with Gasteiger partial charge in [0, 0.05) is 19.3 Å². The van der Waals surface area contributed by atoms with Gasteiger partial charge in [-0.2, -0.15) is 0 Å². The Kier molecular flexibility index (Phi) is 4.56. The lowest BCUT2D eigenvalue weighted by atomic mass is 10.3. The molecule has 0 fully saturated rings. The van der Waals surface area contributed by atoms with Crippen molar-refractivity contribution >= 4 is 11.7 Å². The van der Waals surface area contributed by atoms with Crippen LogP contribution in [0.2, 0.25) is 0 Å². The highest BCUT2D eigenvalue weighted by molar-refractivity contribution is 5.88. The number of hydrogen-bond donors (Lipinski definition) is 2. The van der Waals surface area contributed by atoms with Crippen LogP contribution >= 0.6 is 0 Å². The Bertz CT molecular complexity index is 311. The van der Waals surface area contributed by atoms with E-state index in [1.807, 2.05) is 13.0 Å². The van der Waals surface area contributed by atoms with Crippen molar-refractivity contribution in [3.8, 4) is 0 Å². The van der Waals surface area contributed by atoms with Crippen molar-refractivity contribution < 1.29 is 9.53 Å². The molecule has 5 nitrogen and oxygen atoms in total. The number of urea groups is 1. The van der Waals surface area contributed by atoms with Gasteiger partial charge in [0.25, 0.3) is 0 Å². The van der Waals surface area contributed by atoms with Crippen LogP contribution in [0.15, 0.2) is 18.3 Å². The number of amides is 2. The number of aryl methyl sites for hydroxylation is 1. The fourth-order valence-corrected chi connectivity index (χ4v) is 0.984. The summed E-state index contributed by atoms with van der Waals surface area (Å²) in [6.45, 7) is 2.88. The molecule has 0 aromatic carbocycles. The van der Waals surface area contributed by atoms with Crippen LogP contribution < -0.4 is 10.6 Å². The van der Waals surface area contributed by atoms with E-state index in [0.717, 1.165) is 5.69 Å². The Balaban J connectivity index is 2.34. The highest BCUT2D eigenvalue weighted by Crippen LogP contribution is 2.04. The van der Waals surface area contributed by atoms with E-state index >= 15 is 0 Å². The van der Waals surface area contributed by atoms with Crippen molar-refractivity contribution in [2.45, 2.75) is 6.92 Å². The average Bonchev–Trinajstić information content (AvgIpc) is 2.22. The minimum Gasteiger partial charge on any atom is -0.383 e. The molecule has 0 aliphatic heterocycles. The van der Waals surface area contributed by atoms with E-state index in [2.05, 4.69) is 15.6 Å². The summed E-state index contributed by atoms with van der Waals surface area (Å²) in [4.78, 5) is 15.3. The summed E-state index contributed by atoms with van der Waals surface area (Å²) in [6.07, 6.45) is 1.62. The molecule has 0 saturated heterocycles. The van der Waals surface area contributed by atoms with E-state index in [0.29, 0.717) is 18.8 Å². The maximum absolute atomic E-state index is 11.3. The summed E-state index contributed by atoms with van der Waals surface area (Å²) in [7, 11) is 1.59. The molecule has 2 amide bonds. The second kappa shape index (κ2) is 5.98. The Morgan fingerprint density at radius 1 is 1.53 bits per heavy atom. The van der Waals surface area contributed by atoms with E-state index in [1.54, 1.807) is 19.4 Å². The topological polar surface area (TPSA) is 63.2 Å². The van der Waals surface area contributed by atoms with Crippen molar-refractivity contribution in [3.05, 3.63) is 24.0 Å². The number of methoxy groups -OCH3 is 1. The van der Waals surface area contributed by atoms with Gasteiger partial charge < -0.3 is 15.4 Å². The lowest BCUT2D eigenvalue weighted by Gasteiger charge is -2.06. The minimum atomic E-state index is -0.252. The van der Waals surface area contributed by atoms with Crippen molar-refractivity contribution in [3.63, 3.8) is 0 Å². The van der Waals surface area contributed by atoms with Crippen LogP contribution in [0.4, 0.5) is 10.5 Å². The average molecular weight is 209 g/mol. The van der Waals surface area contributed by atoms with Crippen LogP contribution in [0, 0.1) is 6.92 Å². The number of aromatic nitrogens is 1. The first-order valence-corrected chi connectivity index (χ1v) is 4.69. The number of carbonyl (C=O) groups is 1. The van der Waals surface area contributed by atoms with Gasteiger partial charge in [-0.05, 0) is 19.1 Å². The van der Waals surface area contributed by atoms with Gasteiger partial charge in [0.15, 0.2) is 0 Å². The lowest BCUT2D eigenvalue weighted by Crippen LogP contribution is -2.31. The van der Waals surface area contributed by atoms with Crippen LogP contribution in [0.3, 0.4) is 0 Å². The summed E-state index contributed by atoms with van der Waals surface area (Å²) in [5.41, 5.74) is 1.59. The fraction of sp³-hybridized carbons (Fsp3) is 0.400. The molecule has 1 rings (SSSR count). The first-order valence-electron chi connectivity index (χ1n) is 4.69. The van der Waals surface area contributed by atoms with E-state index in [1.165, 1.54) is 0 Å². The molecule has 0 saturated carbocycles. The number of nitrogens with zero attached hydrogens (tertiary/aromatic N) is 1. The second-order valence-corrected chi connectivity index (χ2v) is 3.06. The molecular formula is C10H15N3O2. The maximum atomic E-state index is 11.3. The number of ether oxygens (including phenoxy) is 1. The lowest BCUT2D eigenvalue weighted by molar-refractivity contribution is 0.198. The molecule has 0 unspecified atom stereocenters. The van der Waals surface area contributed by atoms with Crippen LogP contribution in [0.1, 0.15) is 5.69 Å². The van der Waals surface area contributed by atoms with Gasteiger partial charge in [-0.1, -0.05) is 0 Å². The van der Waals surface area contributed by atoms with Gasteiger partial charge >= 0.3 is 6.03 Å². The molecule has 1 heterocycles. The third-order valence-corrected chi connectivity index (χ3v) is 1.76. The Hall–Kier alpha value is -1.62. The molecule has 0 bridgehead atoms. The summed E-state index contributed by atoms with van der Waals surface area (Å²) < 4.78 is 4.80.